The van der Waals surface area contributed by atoms with E-state index in [1.807, 2.05) is 35.1 Å². The van der Waals surface area contributed by atoms with Gasteiger partial charge in [0.1, 0.15) is 6.54 Å². The van der Waals surface area contributed by atoms with Gasteiger partial charge in [-0.15, -0.1) is 0 Å². The van der Waals surface area contributed by atoms with Crippen molar-refractivity contribution >= 4 is 40.4 Å². The summed E-state index contributed by atoms with van der Waals surface area (Å²) in [6.45, 7) is 0.103. The van der Waals surface area contributed by atoms with Crippen molar-refractivity contribution in [2.45, 2.75) is 11.7 Å². The molecule has 0 saturated heterocycles. The fourth-order valence-corrected chi connectivity index (χ4v) is 3.15. The zero-order valence-electron chi connectivity index (χ0n) is 13.9. The number of ether oxygens (including phenoxy) is 1. The fraction of sp³-hybridized carbons (Fsp3) is 0.167. The van der Waals surface area contributed by atoms with Crippen molar-refractivity contribution in [3.8, 4) is 0 Å². The number of amides is 1. The number of rotatable bonds is 5. The largest absolute Gasteiger partial charge is 0.465 e. The summed E-state index contributed by atoms with van der Waals surface area (Å²) in [6, 6.07) is 14.4. The molecule has 0 aliphatic carbocycles. The third-order valence-electron chi connectivity index (χ3n) is 3.71. The molecule has 0 fully saturated rings. The first kappa shape index (κ1) is 17.0. The van der Waals surface area contributed by atoms with Crippen molar-refractivity contribution in [1.29, 1.82) is 0 Å². The zero-order valence-corrected chi connectivity index (χ0v) is 14.7. The van der Waals surface area contributed by atoms with Crippen LogP contribution < -0.4 is 5.32 Å². The average molecular weight is 355 g/mol. The third kappa shape index (κ3) is 3.51. The summed E-state index contributed by atoms with van der Waals surface area (Å²) >= 11 is 1.48. The maximum Gasteiger partial charge on any atom is 0.339 e. The van der Waals surface area contributed by atoms with E-state index in [0.717, 1.165) is 16.2 Å². The molecule has 3 aromatic rings. The van der Waals surface area contributed by atoms with Crippen LogP contribution in [0.3, 0.4) is 0 Å². The Balaban J connectivity index is 1.86. The number of hydrogen-bond acceptors (Lipinski definition) is 5. The molecule has 0 saturated carbocycles. The van der Waals surface area contributed by atoms with Gasteiger partial charge >= 0.3 is 5.97 Å². The van der Waals surface area contributed by atoms with E-state index in [9.17, 15) is 9.59 Å². The molecule has 25 heavy (non-hydrogen) atoms. The van der Waals surface area contributed by atoms with E-state index < -0.39 is 5.97 Å². The smallest absolute Gasteiger partial charge is 0.339 e. The normalized spacial score (nSPS) is 10.6. The maximum atomic E-state index is 12.5. The van der Waals surface area contributed by atoms with Crippen molar-refractivity contribution in [2.24, 2.45) is 0 Å². The van der Waals surface area contributed by atoms with E-state index in [2.05, 4.69) is 10.3 Å². The number of aromatic nitrogens is 2. The second kappa shape index (κ2) is 7.40. The lowest BCUT2D eigenvalue weighted by molar-refractivity contribution is -0.116. The van der Waals surface area contributed by atoms with E-state index in [1.54, 1.807) is 24.3 Å². The molecule has 0 aliphatic heterocycles. The first-order valence-corrected chi connectivity index (χ1v) is 8.83. The number of fused-ring (bicyclic) bond motifs is 1. The molecule has 1 N–H and O–H groups in total. The summed E-state index contributed by atoms with van der Waals surface area (Å²) in [7, 11) is 1.31. The van der Waals surface area contributed by atoms with Gasteiger partial charge in [0, 0.05) is 0 Å². The summed E-state index contributed by atoms with van der Waals surface area (Å²) in [5.74, 6) is -0.733. The quantitative estimate of drug-likeness (QED) is 0.562. The Morgan fingerprint density at radius 1 is 1.16 bits per heavy atom. The number of nitrogens with zero attached hydrogens (tertiary/aromatic N) is 2. The Bertz CT molecular complexity index is 936. The number of thioether (sulfide) groups is 1. The van der Waals surface area contributed by atoms with E-state index in [0.29, 0.717) is 11.3 Å². The van der Waals surface area contributed by atoms with Gasteiger partial charge < -0.3 is 14.6 Å². The monoisotopic (exact) mass is 355 g/mol. The van der Waals surface area contributed by atoms with Crippen LogP contribution in [0.2, 0.25) is 0 Å². The summed E-state index contributed by atoms with van der Waals surface area (Å²) in [5.41, 5.74) is 2.48. The van der Waals surface area contributed by atoms with Crippen molar-refractivity contribution in [1.82, 2.24) is 9.55 Å². The molecule has 0 radical (unpaired) electrons. The fourth-order valence-electron chi connectivity index (χ4n) is 2.58. The molecule has 1 amide bonds. The predicted molar refractivity (Wildman–Crippen MR) is 97.9 cm³/mol. The van der Waals surface area contributed by atoms with Gasteiger partial charge in [0.25, 0.3) is 0 Å². The maximum absolute atomic E-state index is 12.5. The van der Waals surface area contributed by atoms with Crippen LogP contribution in [0, 0.1) is 0 Å². The van der Waals surface area contributed by atoms with Gasteiger partial charge in [-0.25, -0.2) is 9.78 Å². The summed E-state index contributed by atoms with van der Waals surface area (Å²) < 4.78 is 6.61. The molecule has 0 bridgehead atoms. The highest BCUT2D eigenvalue weighted by atomic mass is 32.2. The summed E-state index contributed by atoms with van der Waals surface area (Å²) in [6.07, 6.45) is 1.92. The number of para-hydroxylation sites is 3. The number of methoxy groups -OCH3 is 1. The molecule has 1 aromatic heterocycles. The summed E-state index contributed by atoms with van der Waals surface area (Å²) in [4.78, 5) is 28.9. The van der Waals surface area contributed by atoms with Crippen LogP contribution >= 0.6 is 11.8 Å². The van der Waals surface area contributed by atoms with Crippen LogP contribution in [0.4, 0.5) is 5.69 Å². The molecule has 0 atom stereocenters. The molecule has 3 rings (SSSR count). The zero-order chi connectivity index (χ0) is 17.8. The van der Waals surface area contributed by atoms with Crippen LogP contribution in [0.15, 0.2) is 53.7 Å². The predicted octanol–water partition coefficient (Wildman–Crippen LogP) is 3.18. The minimum absolute atomic E-state index is 0.103. The molecule has 6 nitrogen and oxygen atoms in total. The van der Waals surface area contributed by atoms with Crippen molar-refractivity contribution in [2.75, 3.05) is 18.7 Å². The topological polar surface area (TPSA) is 73.2 Å². The Morgan fingerprint density at radius 2 is 1.88 bits per heavy atom. The van der Waals surface area contributed by atoms with Crippen LogP contribution in [0.5, 0.6) is 0 Å². The van der Waals surface area contributed by atoms with Crippen LogP contribution in [-0.4, -0.2) is 34.8 Å². The molecule has 7 heteroatoms. The lowest BCUT2D eigenvalue weighted by atomic mass is 10.2. The highest BCUT2D eigenvalue weighted by Gasteiger charge is 2.16. The average Bonchev–Trinajstić information content (AvgIpc) is 2.99. The molecule has 1 heterocycles. The molecular weight excluding hydrogens is 338 g/mol. The van der Waals surface area contributed by atoms with Gasteiger partial charge in [0.05, 0.1) is 29.4 Å². The number of benzene rings is 2. The summed E-state index contributed by atoms with van der Waals surface area (Å²) in [5, 5.41) is 3.54. The second-order valence-corrected chi connectivity index (χ2v) is 6.03. The van der Waals surface area contributed by atoms with Gasteiger partial charge in [-0.2, -0.15) is 0 Å². The first-order valence-electron chi connectivity index (χ1n) is 7.60. The second-order valence-electron chi connectivity index (χ2n) is 5.26. The van der Waals surface area contributed by atoms with E-state index in [-0.39, 0.29) is 12.5 Å². The van der Waals surface area contributed by atoms with Gasteiger partial charge in [-0.1, -0.05) is 36.0 Å². The standard InChI is InChI=1S/C18H17N3O3S/c1-24-17(23)12-7-3-4-8-13(12)19-16(22)11-21-15-10-6-5-9-14(15)20-18(21)25-2/h3-10H,11H2,1-2H3,(H,19,22). The molecule has 2 aromatic carbocycles. The van der Waals surface area contributed by atoms with Crippen molar-refractivity contribution < 1.29 is 14.3 Å². The number of esters is 1. The molecule has 0 unspecified atom stereocenters. The Morgan fingerprint density at radius 3 is 2.64 bits per heavy atom. The van der Waals surface area contributed by atoms with E-state index in [1.165, 1.54) is 18.9 Å². The Hall–Kier alpha value is -2.80. The first-order chi connectivity index (χ1) is 12.1. The highest BCUT2D eigenvalue weighted by Crippen LogP contribution is 2.23. The van der Waals surface area contributed by atoms with Crippen LogP contribution in [0.25, 0.3) is 11.0 Å². The number of hydrogen-bond donors (Lipinski definition) is 1. The van der Waals surface area contributed by atoms with Crippen molar-refractivity contribution in [3.05, 3.63) is 54.1 Å². The molecule has 0 spiro atoms. The van der Waals surface area contributed by atoms with Crippen LogP contribution in [-0.2, 0) is 16.1 Å². The molecule has 128 valence electrons. The highest BCUT2D eigenvalue weighted by molar-refractivity contribution is 7.98. The molecular formula is C18H17N3O3S. The van der Waals surface area contributed by atoms with Gasteiger partial charge in [0.15, 0.2) is 5.16 Å². The Labute approximate surface area is 149 Å². The minimum Gasteiger partial charge on any atom is -0.465 e. The third-order valence-corrected chi connectivity index (χ3v) is 4.39. The number of imidazole rings is 1. The Kier molecular flexibility index (Phi) is 5.04. The SMILES string of the molecule is COC(=O)c1ccccc1NC(=O)Cn1c(SC)nc2ccccc21. The van der Waals surface area contributed by atoms with Gasteiger partial charge in [0.2, 0.25) is 5.91 Å². The van der Waals surface area contributed by atoms with Gasteiger partial charge in [-0.05, 0) is 30.5 Å². The number of nitrogens with one attached hydrogen (secondary N) is 1. The van der Waals surface area contributed by atoms with E-state index >= 15 is 0 Å². The lowest BCUT2D eigenvalue weighted by Gasteiger charge is -2.11. The number of carbonyl (C=O) groups is 2. The number of carbonyl (C=O) groups excluding carboxylic acids is 2. The van der Waals surface area contributed by atoms with Crippen LogP contribution in [0.1, 0.15) is 10.4 Å². The molecule has 0 aliphatic rings. The van der Waals surface area contributed by atoms with E-state index in [4.69, 9.17) is 4.74 Å². The minimum atomic E-state index is -0.492. The van der Waals surface area contributed by atoms with Crippen molar-refractivity contribution in [3.63, 3.8) is 0 Å². The number of anilines is 1. The lowest BCUT2D eigenvalue weighted by Crippen LogP contribution is -2.20. The van der Waals surface area contributed by atoms with Gasteiger partial charge in [-0.3, -0.25) is 4.79 Å².